The quantitative estimate of drug-likeness (QED) is 0.651. The number of rotatable bonds is 4. The van der Waals surface area contributed by atoms with Gasteiger partial charge >= 0.3 is 0 Å². The molecule has 3 aromatic rings. The number of nitrogens with one attached hydrogen (secondary N) is 2. The van der Waals surface area contributed by atoms with Crippen LogP contribution in [0.5, 0.6) is 0 Å². The van der Waals surface area contributed by atoms with E-state index in [1.807, 2.05) is 49.4 Å². The van der Waals surface area contributed by atoms with Gasteiger partial charge in [0.2, 0.25) is 5.82 Å². The van der Waals surface area contributed by atoms with E-state index < -0.39 is 0 Å². The van der Waals surface area contributed by atoms with Crippen LogP contribution in [0, 0.1) is 6.92 Å². The van der Waals surface area contributed by atoms with Crippen LogP contribution in [0.1, 0.15) is 65.2 Å². The summed E-state index contributed by atoms with van der Waals surface area (Å²) in [6.07, 6.45) is 8.48. The van der Waals surface area contributed by atoms with Gasteiger partial charge in [0.25, 0.3) is 11.8 Å². The summed E-state index contributed by atoms with van der Waals surface area (Å²) in [7, 11) is 0. The van der Waals surface area contributed by atoms with Gasteiger partial charge in [0, 0.05) is 17.9 Å². The lowest BCUT2D eigenvalue weighted by atomic mass is 10.1. The molecular formula is C23H26N4O2. The van der Waals surface area contributed by atoms with Crippen molar-refractivity contribution >= 4 is 23.0 Å². The predicted molar refractivity (Wildman–Crippen MR) is 113 cm³/mol. The predicted octanol–water partition coefficient (Wildman–Crippen LogP) is 4.35. The van der Waals surface area contributed by atoms with E-state index in [4.69, 9.17) is 0 Å². The van der Waals surface area contributed by atoms with E-state index in [-0.39, 0.29) is 29.4 Å². The monoisotopic (exact) mass is 390 g/mol. The Bertz CT molecular complexity index is 1030. The van der Waals surface area contributed by atoms with Crippen LogP contribution in [-0.4, -0.2) is 27.2 Å². The van der Waals surface area contributed by atoms with Crippen LogP contribution in [0.25, 0.3) is 5.52 Å². The van der Waals surface area contributed by atoms with Crippen molar-refractivity contribution in [2.45, 2.75) is 51.5 Å². The van der Waals surface area contributed by atoms with E-state index >= 15 is 0 Å². The number of fused-ring (bicyclic) bond motifs is 1. The highest BCUT2D eigenvalue weighted by atomic mass is 16.2. The van der Waals surface area contributed by atoms with Gasteiger partial charge in [-0.05, 0) is 43.5 Å². The fourth-order valence-electron chi connectivity index (χ4n) is 3.93. The number of hydrogen-bond donors (Lipinski definition) is 2. The number of para-hydroxylation sites is 1. The molecular weight excluding hydrogens is 364 g/mol. The smallest absolute Gasteiger partial charge is 0.287 e. The molecule has 1 aliphatic rings. The Labute approximate surface area is 170 Å². The highest BCUT2D eigenvalue weighted by Crippen LogP contribution is 2.20. The maximum Gasteiger partial charge on any atom is 0.287 e. The molecule has 0 aliphatic heterocycles. The van der Waals surface area contributed by atoms with Gasteiger partial charge in [-0.25, -0.2) is 4.98 Å². The summed E-state index contributed by atoms with van der Waals surface area (Å²) in [6, 6.07) is 13.2. The standard InChI is InChI=1S/C23H26N4O2/c1-16-10-6-7-13-18(16)25-22(28)20-19-14-8-9-15-27(19)21(26-20)23(29)24-17-11-4-2-3-5-12-17/h6-10,13-15,17H,2-5,11-12H2,1H3,(H,24,29)(H,25,28). The van der Waals surface area contributed by atoms with Gasteiger partial charge in [-0.3, -0.25) is 14.0 Å². The van der Waals surface area contributed by atoms with Gasteiger partial charge in [0.15, 0.2) is 5.69 Å². The van der Waals surface area contributed by atoms with Crippen molar-refractivity contribution in [1.82, 2.24) is 14.7 Å². The van der Waals surface area contributed by atoms with Gasteiger partial charge in [-0.15, -0.1) is 0 Å². The van der Waals surface area contributed by atoms with Crippen molar-refractivity contribution in [3.05, 3.63) is 65.7 Å². The van der Waals surface area contributed by atoms with E-state index in [1.54, 1.807) is 10.6 Å². The third-order valence-corrected chi connectivity index (χ3v) is 5.55. The first-order valence-electron chi connectivity index (χ1n) is 10.3. The van der Waals surface area contributed by atoms with E-state index in [0.29, 0.717) is 5.52 Å². The molecule has 6 nitrogen and oxygen atoms in total. The minimum atomic E-state index is -0.323. The van der Waals surface area contributed by atoms with Crippen molar-refractivity contribution < 1.29 is 9.59 Å². The number of pyridine rings is 1. The number of imidazole rings is 1. The number of nitrogens with zero attached hydrogens (tertiary/aromatic N) is 2. The Morgan fingerprint density at radius 2 is 1.69 bits per heavy atom. The first-order chi connectivity index (χ1) is 14.1. The van der Waals surface area contributed by atoms with Crippen molar-refractivity contribution in [3.8, 4) is 0 Å². The van der Waals surface area contributed by atoms with Gasteiger partial charge in [0.1, 0.15) is 0 Å². The summed E-state index contributed by atoms with van der Waals surface area (Å²) in [5.74, 6) is -0.302. The number of aryl methyl sites for hydroxylation is 1. The fraction of sp³-hybridized carbons (Fsp3) is 0.348. The average molecular weight is 390 g/mol. The molecule has 2 N–H and O–H groups in total. The van der Waals surface area contributed by atoms with Crippen molar-refractivity contribution in [2.24, 2.45) is 0 Å². The van der Waals surface area contributed by atoms with E-state index in [0.717, 1.165) is 36.9 Å². The van der Waals surface area contributed by atoms with Gasteiger partial charge in [0.05, 0.1) is 5.52 Å². The molecule has 1 fully saturated rings. The molecule has 0 atom stereocenters. The molecule has 29 heavy (non-hydrogen) atoms. The molecule has 0 radical (unpaired) electrons. The molecule has 1 saturated carbocycles. The van der Waals surface area contributed by atoms with Crippen LogP contribution < -0.4 is 10.6 Å². The number of hydrogen-bond acceptors (Lipinski definition) is 3. The third-order valence-electron chi connectivity index (χ3n) is 5.55. The second kappa shape index (κ2) is 8.47. The molecule has 4 rings (SSSR count). The van der Waals surface area contributed by atoms with Crippen LogP contribution >= 0.6 is 0 Å². The van der Waals surface area contributed by atoms with Gasteiger partial charge in [-0.2, -0.15) is 0 Å². The minimum absolute atomic E-state index is 0.172. The fourth-order valence-corrected chi connectivity index (χ4v) is 3.93. The van der Waals surface area contributed by atoms with Crippen molar-refractivity contribution in [2.75, 3.05) is 5.32 Å². The molecule has 0 spiro atoms. The number of carbonyl (C=O) groups excluding carboxylic acids is 2. The molecule has 2 heterocycles. The second-order valence-electron chi connectivity index (χ2n) is 7.67. The molecule has 0 bridgehead atoms. The second-order valence-corrected chi connectivity index (χ2v) is 7.67. The Kier molecular flexibility index (Phi) is 5.60. The summed E-state index contributed by atoms with van der Waals surface area (Å²) in [5, 5.41) is 6.04. The molecule has 6 heteroatoms. The van der Waals surface area contributed by atoms with Crippen LogP contribution in [-0.2, 0) is 0 Å². The SMILES string of the molecule is Cc1ccccc1NC(=O)c1nc(C(=O)NC2CCCCCC2)n2ccccc12. The summed E-state index contributed by atoms with van der Waals surface area (Å²) in [5.41, 5.74) is 2.57. The average Bonchev–Trinajstić information content (AvgIpc) is 2.93. The molecule has 150 valence electrons. The highest BCUT2D eigenvalue weighted by molar-refractivity contribution is 6.09. The minimum Gasteiger partial charge on any atom is -0.347 e. The number of carbonyl (C=O) groups is 2. The summed E-state index contributed by atoms with van der Waals surface area (Å²) in [4.78, 5) is 30.3. The van der Waals surface area contributed by atoms with Gasteiger partial charge < -0.3 is 10.6 Å². The lowest BCUT2D eigenvalue weighted by Gasteiger charge is -2.15. The highest BCUT2D eigenvalue weighted by Gasteiger charge is 2.24. The zero-order chi connectivity index (χ0) is 20.2. The zero-order valence-corrected chi connectivity index (χ0v) is 16.6. The summed E-state index contributed by atoms with van der Waals surface area (Å²) < 4.78 is 1.69. The number of aromatic nitrogens is 2. The van der Waals surface area contributed by atoms with Crippen molar-refractivity contribution in [3.63, 3.8) is 0 Å². The van der Waals surface area contributed by atoms with Crippen LogP contribution in [0.15, 0.2) is 48.7 Å². The Morgan fingerprint density at radius 1 is 0.966 bits per heavy atom. The van der Waals surface area contributed by atoms with E-state index in [2.05, 4.69) is 15.6 Å². The molecule has 1 aliphatic carbocycles. The largest absolute Gasteiger partial charge is 0.347 e. The number of benzene rings is 1. The summed E-state index contributed by atoms with van der Waals surface area (Å²) >= 11 is 0. The lowest BCUT2D eigenvalue weighted by Crippen LogP contribution is -2.35. The maximum atomic E-state index is 13.0. The molecule has 0 unspecified atom stereocenters. The maximum absolute atomic E-state index is 13.0. The zero-order valence-electron chi connectivity index (χ0n) is 16.6. The molecule has 2 aromatic heterocycles. The third kappa shape index (κ3) is 4.16. The molecule has 1 aromatic carbocycles. The Morgan fingerprint density at radius 3 is 2.45 bits per heavy atom. The molecule has 2 amide bonds. The Hall–Kier alpha value is -3.15. The van der Waals surface area contributed by atoms with Crippen LogP contribution in [0.2, 0.25) is 0 Å². The number of amides is 2. The van der Waals surface area contributed by atoms with Crippen LogP contribution in [0.3, 0.4) is 0 Å². The molecule has 0 saturated heterocycles. The van der Waals surface area contributed by atoms with E-state index in [1.165, 1.54) is 12.8 Å². The lowest BCUT2D eigenvalue weighted by molar-refractivity contribution is 0.0922. The van der Waals surface area contributed by atoms with Crippen LogP contribution in [0.4, 0.5) is 5.69 Å². The first-order valence-corrected chi connectivity index (χ1v) is 10.3. The Balaban J connectivity index is 1.61. The normalized spacial score (nSPS) is 15.1. The van der Waals surface area contributed by atoms with E-state index in [9.17, 15) is 9.59 Å². The van der Waals surface area contributed by atoms with Crippen molar-refractivity contribution in [1.29, 1.82) is 0 Å². The topological polar surface area (TPSA) is 75.5 Å². The van der Waals surface area contributed by atoms with Gasteiger partial charge in [-0.1, -0.05) is 49.9 Å². The number of anilines is 1. The summed E-state index contributed by atoms with van der Waals surface area (Å²) in [6.45, 7) is 1.94. The first kappa shape index (κ1) is 19.2.